The number of amides is 1. The molecule has 5 rings (SSSR count). The third kappa shape index (κ3) is 6.09. The van der Waals surface area contributed by atoms with E-state index >= 15 is 0 Å². The summed E-state index contributed by atoms with van der Waals surface area (Å²) in [5, 5.41) is 0. The molecule has 0 bridgehead atoms. The summed E-state index contributed by atoms with van der Waals surface area (Å²) in [7, 11) is 0. The average molecular weight is 551 g/mol. The fraction of sp³-hybridized carbons (Fsp3) is 0.207. The lowest BCUT2D eigenvalue weighted by Crippen LogP contribution is -2.43. The van der Waals surface area contributed by atoms with Crippen LogP contribution in [0.3, 0.4) is 0 Å². The van der Waals surface area contributed by atoms with Gasteiger partial charge in [-0.05, 0) is 48.2 Å². The van der Waals surface area contributed by atoms with Gasteiger partial charge < -0.3 is 20.1 Å². The Morgan fingerprint density at radius 3 is 2.23 bits per heavy atom. The summed E-state index contributed by atoms with van der Waals surface area (Å²) in [6.07, 6.45) is -4.79. The average Bonchev–Trinajstić information content (AvgIpc) is 2.93. The number of ether oxygens (including phenoxy) is 2. The molecular weight excluding hydrogens is 525 g/mol. The van der Waals surface area contributed by atoms with Gasteiger partial charge in [-0.25, -0.2) is 9.78 Å². The van der Waals surface area contributed by atoms with Gasteiger partial charge in [0.15, 0.2) is 0 Å². The Kier molecular flexibility index (Phi) is 7.45. The molecule has 3 aromatic carbocycles. The van der Waals surface area contributed by atoms with Crippen LogP contribution >= 0.6 is 0 Å². The van der Waals surface area contributed by atoms with Crippen LogP contribution in [0.4, 0.5) is 23.9 Å². The Morgan fingerprint density at radius 2 is 1.57 bits per heavy atom. The summed E-state index contributed by atoms with van der Waals surface area (Å²) in [4.78, 5) is 32.4. The van der Waals surface area contributed by atoms with Gasteiger partial charge in [0.2, 0.25) is 5.95 Å². The molecule has 1 amide bonds. The number of hydrogen-bond donors (Lipinski definition) is 1. The van der Waals surface area contributed by atoms with Crippen LogP contribution in [-0.4, -0.2) is 33.5 Å². The van der Waals surface area contributed by atoms with Crippen LogP contribution in [0, 0.1) is 0 Å². The van der Waals surface area contributed by atoms with E-state index in [2.05, 4.69) is 9.72 Å². The van der Waals surface area contributed by atoms with Crippen molar-refractivity contribution in [2.45, 2.75) is 31.8 Å². The van der Waals surface area contributed by atoms with Crippen molar-refractivity contribution in [3.63, 3.8) is 0 Å². The van der Waals surface area contributed by atoms with Crippen LogP contribution in [0.2, 0.25) is 0 Å². The third-order valence-corrected chi connectivity index (χ3v) is 6.58. The van der Waals surface area contributed by atoms with Crippen LogP contribution in [-0.2, 0) is 19.4 Å². The van der Waals surface area contributed by atoms with Crippen molar-refractivity contribution in [1.29, 1.82) is 0 Å². The van der Waals surface area contributed by atoms with E-state index in [1.165, 1.54) is 21.6 Å². The maximum Gasteiger partial charge on any atom is 0.573 e. The largest absolute Gasteiger partial charge is 0.573 e. The van der Waals surface area contributed by atoms with Crippen molar-refractivity contribution in [1.82, 2.24) is 14.5 Å². The maximum absolute atomic E-state index is 13.8. The number of benzene rings is 3. The monoisotopic (exact) mass is 550 g/mol. The molecule has 40 heavy (non-hydrogen) atoms. The number of carbonyl (C=O) groups is 1. The molecule has 2 N–H and O–H groups in total. The number of halogens is 3. The van der Waals surface area contributed by atoms with Gasteiger partial charge >= 0.3 is 12.5 Å². The molecule has 1 aliphatic heterocycles. The molecule has 1 unspecified atom stereocenters. The molecule has 1 atom stereocenters. The summed E-state index contributed by atoms with van der Waals surface area (Å²) in [5.74, 6) is -0.361. The molecule has 0 aliphatic carbocycles. The quantitative estimate of drug-likeness (QED) is 0.358. The van der Waals surface area contributed by atoms with E-state index in [9.17, 15) is 22.8 Å². The van der Waals surface area contributed by atoms with E-state index in [0.29, 0.717) is 17.7 Å². The predicted octanol–water partition coefficient (Wildman–Crippen LogP) is 5.11. The lowest BCUT2D eigenvalue weighted by molar-refractivity contribution is -0.274. The molecule has 8 nitrogen and oxygen atoms in total. The van der Waals surface area contributed by atoms with E-state index in [0.717, 1.165) is 23.3 Å². The molecular formula is C29H25F3N4O4. The number of nitrogen functional groups attached to an aromatic ring is 1. The standard InChI is InChI=1S/C29H25F3N4O4/c30-29(31,32)40-22-13-11-21(12-14-22)39-28(38)35-16-15-23-24(18-35)34-27(33)36(26(23)37)25(20-9-5-2-6-10-20)17-19-7-3-1-4-8-19/h1-14,25H,15-18H2,(H2,33,34). The van der Waals surface area contributed by atoms with Gasteiger partial charge in [0.05, 0.1) is 18.3 Å². The molecule has 2 heterocycles. The zero-order chi connectivity index (χ0) is 28.3. The van der Waals surface area contributed by atoms with Crippen molar-refractivity contribution < 1.29 is 27.4 Å². The number of fused-ring (bicyclic) bond motifs is 1. The van der Waals surface area contributed by atoms with Gasteiger partial charge in [0.1, 0.15) is 11.5 Å². The van der Waals surface area contributed by atoms with Gasteiger partial charge in [-0.3, -0.25) is 9.36 Å². The van der Waals surface area contributed by atoms with Crippen LogP contribution in [0.15, 0.2) is 89.7 Å². The van der Waals surface area contributed by atoms with Gasteiger partial charge in [0.25, 0.3) is 5.56 Å². The normalized spacial score (nSPS) is 13.8. The van der Waals surface area contributed by atoms with E-state index < -0.39 is 18.2 Å². The SMILES string of the molecule is Nc1nc2c(c(=O)n1C(Cc1ccccc1)c1ccccc1)CCN(C(=O)Oc1ccc(OC(F)(F)F)cc1)C2. The lowest BCUT2D eigenvalue weighted by atomic mass is 9.98. The molecule has 1 aromatic heterocycles. The molecule has 1 aliphatic rings. The highest BCUT2D eigenvalue weighted by molar-refractivity contribution is 5.71. The second kappa shape index (κ2) is 11.1. The van der Waals surface area contributed by atoms with Crippen molar-refractivity contribution in [3.8, 4) is 11.5 Å². The summed E-state index contributed by atoms with van der Waals surface area (Å²) in [5.41, 5.74) is 8.90. The molecule has 0 radical (unpaired) electrons. The van der Waals surface area contributed by atoms with Gasteiger partial charge in [0, 0.05) is 12.1 Å². The number of hydrogen-bond acceptors (Lipinski definition) is 6. The molecule has 0 saturated carbocycles. The van der Waals surface area contributed by atoms with E-state index in [1.54, 1.807) is 0 Å². The zero-order valence-electron chi connectivity index (χ0n) is 21.2. The molecule has 11 heteroatoms. The second-order valence-corrected chi connectivity index (χ2v) is 9.25. The minimum absolute atomic E-state index is 0.00158. The molecule has 0 saturated heterocycles. The van der Waals surface area contributed by atoms with Gasteiger partial charge in [-0.1, -0.05) is 60.7 Å². The summed E-state index contributed by atoms with van der Waals surface area (Å²) >= 11 is 0. The topological polar surface area (TPSA) is 99.7 Å². The Hall–Kier alpha value is -4.80. The smallest absolute Gasteiger partial charge is 0.410 e. The highest BCUT2D eigenvalue weighted by Gasteiger charge is 2.31. The first-order chi connectivity index (χ1) is 19.2. The van der Waals surface area contributed by atoms with Crippen LogP contribution in [0.1, 0.15) is 28.4 Å². The highest BCUT2D eigenvalue weighted by Crippen LogP contribution is 2.27. The molecule has 0 spiro atoms. The lowest BCUT2D eigenvalue weighted by Gasteiger charge is -2.29. The fourth-order valence-electron chi connectivity index (χ4n) is 4.72. The maximum atomic E-state index is 13.8. The number of carbonyl (C=O) groups excluding carboxylic acids is 1. The number of rotatable bonds is 6. The van der Waals surface area contributed by atoms with E-state index in [-0.39, 0.29) is 42.8 Å². The Morgan fingerprint density at radius 1 is 0.950 bits per heavy atom. The van der Waals surface area contributed by atoms with Crippen molar-refractivity contribution >= 4 is 12.0 Å². The van der Waals surface area contributed by atoms with Crippen molar-refractivity contribution in [3.05, 3.63) is 118 Å². The first-order valence-corrected chi connectivity index (χ1v) is 12.5. The second-order valence-electron chi connectivity index (χ2n) is 9.25. The Balaban J connectivity index is 1.36. The summed E-state index contributed by atoms with van der Waals surface area (Å²) < 4.78 is 47.8. The minimum Gasteiger partial charge on any atom is -0.410 e. The zero-order valence-corrected chi connectivity index (χ0v) is 21.2. The Bertz CT molecular complexity index is 1540. The highest BCUT2D eigenvalue weighted by atomic mass is 19.4. The van der Waals surface area contributed by atoms with Crippen LogP contribution in [0.25, 0.3) is 0 Å². The van der Waals surface area contributed by atoms with Crippen LogP contribution < -0.4 is 20.8 Å². The summed E-state index contributed by atoms with van der Waals surface area (Å²) in [6, 6.07) is 23.5. The Labute approximate surface area is 227 Å². The number of aromatic nitrogens is 2. The van der Waals surface area contributed by atoms with Gasteiger partial charge in [-0.15, -0.1) is 13.2 Å². The predicted molar refractivity (Wildman–Crippen MR) is 141 cm³/mol. The first kappa shape index (κ1) is 26.8. The number of alkyl halides is 3. The third-order valence-electron chi connectivity index (χ3n) is 6.58. The fourth-order valence-corrected chi connectivity index (χ4v) is 4.72. The number of anilines is 1. The number of nitrogens with zero attached hydrogens (tertiary/aromatic N) is 3. The van der Waals surface area contributed by atoms with E-state index in [1.807, 2.05) is 60.7 Å². The van der Waals surface area contributed by atoms with E-state index in [4.69, 9.17) is 10.5 Å². The number of nitrogens with two attached hydrogens (primary N) is 1. The van der Waals surface area contributed by atoms with Crippen molar-refractivity contribution in [2.24, 2.45) is 0 Å². The van der Waals surface area contributed by atoms with Crippen LogP contribution in [0.5, 0.6) is 11.5 Å². The van der Waals surface area contributed by atoms with Crippen molar-refractivity contribution in [2.75, 3.05) is 12.3 Å². The minimum atomic E-state index is -4.82. The summed E-state index contributed by atoms with van der Waals surface area (Å²) in [6.45, 7) is 0.190. The van der Waals surface area contributed by atoms with Gasteiger partial charge in [-0.2, -0.15) is 0 Å². The first-order valence-electron chi connectivity index (χ1n) is 12.5. The molecule has 206 valence electrons. The molecule has 4 aromatic rings. The molecule has 0 fully saturated rings.